The van der Waals surface area contributed by atoms with E-state index in [1.807, 2.05) is 38.1 Å². The number of halogens is 3. The molecule has 122 valence electrons. The Morgan fingerprint density at radius 3 is 1.48 bits per heavy atom. The molecule has 0 spiro atoms. The first-order chi connectivity index (χ1) is 10.8. The van der Waals surface area contributed by atoms with E-state index in [1.165, 1.54) is 0 Å². The number of carbonyl (C=O) groups is 1. The van der Waals surface area contributed by atoms with Crippen LogP contribution in [0.4, 0.5) is 13.2 Å². The van der Waals surface area contributed by atoms with E-state index in [-0.39, 0.29) is 0 Å². The van der Waals surface area contributed by atoms with Crippen molar-refractivity contribution in [1.29, 1.82) is 0 Å². The molecule has 0 N–H and O–H groups in total. The highest BCUT2D eigenvalue weighted by Gasteiger charge is 2.44. The summed E-state index contributed by atoms with van der Waals surface area (Å²) in [6.45, 7) is 3.79. The van der Waals surface area contributed by atoms with E-state index in [0.717, 1.165) is 34.7 Å². The van der Waals surface area contributed by atoms with E-state index >= 15 is 0 Å². The lowest BCUT2D eigenvalue weighted by Crippen LogP contribution is -2.30. The molecule has 0 bridgehead atoms. The number of benzene rings is 2. The third-order valence-electron chi connectivity index (χ3n) is 3.02. The van der Waals surface area contributed by atoms with Crippen molar-refractivity contribution < 1.29 is 18.0 Å². The van der Waals surface area contributed by atoms with Crippen molar-refractivity contribution in [3.63, 3.8) is 0 Å². The van der Waals surface area contributed by atoms with Gasteiger partial charge in [0.05, 0.1) is 0 Å². The van der Waals surface area contributed by atoms with Crippen LogP contribution in [-0.2, 0) is 4.79 Å². The second-order valence-electron chi connectivity index (χ2n) is 5.06. The first-order valence-corrected chi connectivity index (χ1v) is 8.59. The van der Waals surface area contributed by atoms with Gasteiger partial charge in [0.1, 0.15) is 4.58 Å². The molecule has 6 heteroatoms. The molecule has 0 unspecified atom stereocenters. The number of thioether (sulfide) groups is 2. The zero-order valence-electron chi connectivity index (χ0n) is 12.6. The van der Waals surface area contributed by atoms with E-state index in [4.69, 9.17) is 0 Å². The third-order valence-corrected chi connectivity index (χ3v) is 5.54. The Balaban J connectivity index is 2.22. The van der Waals surface area contributed by atoms with Gasteiger partial charge in [-0.25, -0.2) is 0 Å². The average molecular weight is 356 g/mol. The van der Waals surface area contributed by atoms with Gasteiger partial charge in [-0.15, -0.1) is 23.5 Å². The molecule has 0 saturated carbocycles. The number of ketones is 1. The normalized spacial score (nSPS) is 11.7. The zero-order valence-corrected chi connectivity index (χ0v) is 14.2. The van der Waals surface area contributed by atoms with Crippen LogP contribution in [0.15, 0.2) is 58.3 Å². The van der Waals surface area contributed by atoms with E-state index in [2.05, 4.69) is 0 Å². The van der Waals surface area contributed by atoms with Gasteiger partial charge in [-0.2, -0.15) is 13.2 Å². The lowest BCUT2D eigenvalue weighted by Gasteiger charge is -2.17. The van der Waals surface area contributed by atoms with Crippen molar-refractivity contribution in [3.05, 3.63) is 59.7 Å². The fourth-order valence-corrected chi connectivity index (χ4v) is 4.17. The van der Waals surface area contributed by atoms with Crippen molar-refractivity contribution in [2.24, 2.45) is 0 Å². The second-order valence-corrected chi connectivity index (χ2v) is 7.71. The van der Waals surface area contributed by atoms with Gasteiger partial charge in [-0.05, 0) is 38.1 Å². The number of carbonyl (C=O) groups excluding carboxylic acids is 1. The van der Waals surface area contributed by atoms with Gasteiger partial charge in [0, 0.05) is 9.79 Å². The fraction of sp³-hybridized carbons (Fsp3) is 0.235. The summed E-state index contributed by atoms with van der Waals surface area (Å²) in [5.74, 6) is -1.73. The highest BCUT2D eigenvalue weighted by Crippen LogP contribution is 2.39. The summed E-state index contributed by atoms with van der Waals surface area (Å²) in [6.07, 6.45) is -4.85. The molecule has 0 aliphatic heterocycles. The maximum Gasteiger partial charge on any atom is 0.452 e. The first kappa shape index (κ1) is 17.9. The molecule has 0 amide bonds. The van der Waals surface area contributed by atoms with Crippen LogP contribution in [0, 0.1) is 13.8 Å². The average Bonchev–Trinajstić information content (AvgIpc) is 2.49. The smallest absolute Gasteiger partial charge is 0.287 e. The van der Waals surface area contributed by atoms with Crippen LogP contribution < -0.4 is 0 Å². The molecule has 0 aliphatic carbocycles. The second kappa shape index (κ2) is 7.45. The summed E-state index contributed by atoms with van der Waals surface area (Å²) in [4.78, 5) is 13.0. The Bertz CT molecular complexity index is 616. The molecular weight excluding hydrogens is 341 g/mol. The first-order valence-electron chi connectivity index (χ1n) is 6.83. The quantitative estimate of drug-likeness (QED) is 0.509. The minimum Gasteiger partial charge on any atom is -0.287 e. The van der Waals surface area contributed by atoms with Crippen LogP contribution in [-0.4, -0.2) is 16.5 Å². The van der Waals surface area contributed by atoms with Crippen molar-refractivity contribution in [1.82, 2.24) is 0 Å². The molecule has 0 radical (unpaired) electrons. The summed E-state index contributed by atoms with van der Waals surface area (Å²) in [5.41, 5.74) is 2.03. The Kier molecular flexibility index (Phi) is 5.81. The highest BCUT2D eigenvalue weighted by molar-refractivity contribution is 8.18. The lowest BCUT2D eigenvalue weighted by molar-refractivity contribution is -0.168. The number of alkyl halides is 3. The van der Waals surface area contributed by atoms with Crippen LogP contribution in [0.25, 0.3) is 0 Å². The molecule has 1 nitrogen and oxygen atoms in total. The van der Waals surface area contributed by atoms with Crippen LogP contribution >= 0.6 is 23.5 Å². The number of rotatable bonds is 5. The molecular formula is C17H15F3OS2. The predicted octanol–water partition coefficient (Wildman–Crippen LogP) is 5.65. The molecule has 0 aliphatic rings. The third kappa shape index (κ3) is 5.32. The fourth-order valence-electron chi connectivity index (χ4n) is 1.75. The van der Waals surface area contributed by atoms with Crippen molar-refractivity contribution in [3.8, 4) is 0 Å². The summed E-state index contributed by atoms with van der Waals surface area (Å²) in [7, 11) is 0. The predicted molar refractivity (Wildman–Crippen MR) is 88.9 cm³/mol. The number of Topliss-reactive ketones (excluding diaryl/α,β-unsaturated/α-hetero) is 1. The van der Waals surface area contributed by atoms with Gasteiger partial charge in [0.2, 0.25) is 0 Å². The van der Waals surface area contributed by atoms with Crippen LogP contribution in [0.2, 0.25) is 0 Å². The van der Waals surface area contributed by atoms with E-state index in [9.17, 15) is 18.0 Å². The van der Waals surface area contributed by atoms with Gasteiger partial charge in [0.15, 0.2) is 0 Å². The Morgan fingerprint density at radius 2 is 1.17 bits per heavy atom. The van der Waals surface area contributed by atoms with Gasteiger partial charge in [0.25, 0.3) is 5.78 Å². The molecule has 0 atom stereocenters. The van der Waals surface area contributed by atoms with E-state index in [0.29, 0.717) is 9.79 Å². The summed E-state index contributed by atoms with van der Waals surface area (Å²) in [6, 6.07) is 14.2. The minimum absolute atomic E-state index is 0.637. The molecule has 0 fully saturated rings. The molecule has 2 rings (SSSR count). The SMILES string of the molecule is Cc1ccc(SC(Sc2ccc(C)cc2)C(=O)C(F)(F)F)cc1. The molecule has 23 heavy (non-hydrogen) atoms. The van der Waals surface area contributed by atoms with Gasteiger partial charge < -0.3 is 0 Å². The minimum atomic E-state index is -4.85. The maximum atomic E-state index is 12.9. The Hall–Kier alpha value is -1.40. The number of hydrogen-bond acceptors (Lipinski definition) is 3. The molecule has 0 saturated heterocycles. The number of hydrogen-bond donors (Lipinski definition) is 0. The maximum absolute atomic E-state index is 12.9. The zero-order chi connectivity index (χ0) is 17.0. The largest absolute Gasteiger partial charge is 0.452 e. The van der Waals surface area contributed by atoms with Gasteiger partial charge in [-0.1, -0.05) is 35.4 Å². The van der Waals surface area contributed by atoms with Crippen LogP contribution in [0.5, 0.6) is 0 Å². The highest BCUT2D eigenvalue weighted by atomic mass is 32.2. The Morgan fingerprint density at radius 1 is 0.826 bits per heavy atom. The topological polar surface area (TPSA) is 17.1 Å². The van der Waals surface area contributed by atoms with Crippen molar-refractivity contribution in [2.75, 3.05) is 0 Å². The molecule has 0 heterocycles. The molecule has 0 aromatic heterocycles. The van der Waals surface area contributed by atoms with Gasteiger partial charge >= 0.3 is 6.18 Å². The number of aryl methyl sites for hydroxylation is 2. The summed E-state index contributed by atoms with van der Waals surface area (Å²) in [5, 5.41) is 0. The van der Waals surface area contributed by atoms with Crippen molar-refractivity contribution >= 4 is 29.3 Å². The van der Waals surface area contributed by atoms with E-state index < -0.39 is 16.5 Å². The Labute approximate surface area is 141 Å². The van der Waals surface area contributed by atoms with Crippen LogP contribution in [0.3, 0.4) is 0 Å². The monoisotopic (exact) mass is 356 g/mol. The lowest BCUT2D eigenvalue weighted by atomic mass is 10.2. The summed E-state index contributed by atoms with van der Waals surface area (Å²) >= 11 is 1.85. The van der Waals surface area contributed by atoms with Crippen molar-refractivity contribution in [2.45, 2.75) is 34.4 Å². The van der Waals surface area contributed by atoms with Crippen LogP contribution in [0.1, 0.15) is 11.1 Å². The van der Waals surface area contributed by atoms with E-state index in [1.54, 1.807) is 24.3 Å². The van der Waals surface area contributed by atoms with Gasteiger partial charge in [-0.3, -0.25) is 4.79 Å². The summed E-state index contributed by atoms with van der Waals surface area (Å²) < 4.78 is 37.3. The molecule has 2 aromatic rings. The standard InChI is InChI=1S/C17H15F3OS2/c1-11-3-7-13(8-4-11)22-16(15(21)17(18,19)20)23-14-9-5-12(2)6-10-14/h3-10,16H,1-2H3. The molecule has 2 aromatic carbocycles.